The number of carbonyl (C=O) groups is 1. The predicted octanol–water partition coefficient (Wildman–Crippen LogP) is 6.15. The van der Waals surface area contributed by atoms with E-state index in [1.54, 1.807) is 6.21 Å². The highest BCUT2D eigenvalue weighted by atomic mass is 16.2. The largest absolute Gasteiger partial charge is 0.286 e. The normalized spacial score (nSPS) is 11.5. The summed E-state index contributed by atoms with van der Waals surface area (Å²) in [6.07, 6.45) is 1.77. The fourth-order valence-electron chi connectivity index (χ4n) is 4.45. The molecule has 4 nitrogen and oxygen atoms in total. The van der Waals surface area contributed by atoms with Gasteiger partial charge in [-0.1, -0.05) is 109 Å². The molecule has 0 saturated heterocycles. The molecule has 0 heterocycles. The molecule has 172 valence electrons. The van der Waals surface area contributed by atoms with Crippen molar-refractivity contribution in [1.82, 2.24) is 10.3 Å². The van der Waals surface area contributed by atoms with Crippen LogP contribution in [0.5, 0.6) is 0 Å². The molecular formula is C31H27N3O. The number of carbonyl (C=O) groups excluding carboxylic acids is 1. The number of rotatable bonds is 8. The van der Waals surface area contributed by atoms with Crippen molar-refractivity contribution in [1.29, 1.82) is 0 Å². The number of nitrogens with zero attached hydrogens (tertiary/aromatic N) is 2. The van der Waals surface area contributed by atoms with Crippen molar-refractivity contribution >= 4 is 33.7 Å². The monoisotopic (exact) mass is 457 g/mol. The van der Waals surface area contributed by atoms with Crippen molar-refractivity contribution in [3.05, 3.63) is 132 Å². The Morgan fingerprint density at radius 3 is 1.71 bits per heavy atom. The van der Waals surface area contributed by atoms with E-state index in [1.165, 1.54) is 11.1 Å². The molecule has 0 saturated carbocycles. The van der Waals surface area contributed by atoms with Gasteiger partial charge in [0.05, 0.1) is 12.8 Å². The average Bonchev–Trinajstić information content (AvgIpc) is 2.89. The summed E-state index contributed by atoms with van der Waals surface area (Å²) < 4.78 is 0. The Morgan fingerprint density at radius 2 is 1.17 bits per heavy atom. The Morgan fingerprint density at radius 1 is 0.686 bits per heavy atom. The summed E-state index contributed by atoms with van der Waals surface area (Å²) in [4.78, 5) is 15.0. The summed E-state index contributed by atoms with van der Waals surface area (Å²) in [6.45, 7) is 1.61. The van der Waals surface area contributed by atoms with Crippen LogP contribution in [0.25, 0.3) is 21.5 Å². The lowest BCUT2D eigenvalue weighted by Gasteiger charge is -2.21. The zero-order chi connectivity index (χ0) is 23.9. The van der Waals surface area contributed by atoms with Crippen LogP contribution in [0.1, 0.15) is 16.7 Å². The molecule has 0 aliphatic carbocycles. The summed E-state index contributed by atoms with van der Waals surface area (Å²) in [5, 5.41) is 8.88. The highest BCUT2D eigenvalue weighted by Gasteiger charge is 2.12. The minimum absolute atomic E-state index is 0.141. The summed E-state index contributed by atoms with van der Waals surface area (Å²) in [5.74, 6) is -0.141. The number of hydrogen-bond acceptors (Lipinski definition) is 3. The highest BCUT2D eigenvalue weighted by molar-refractivity contribution is 6.13. The van der Waals surface area contributed by atoms with E-state index >= 15 is 0 Å². The number of nitrogens with one attached hydrogen (secondary N) is 1. The molecule has 0 aliphatic rings. The first kappa shape index (κ1) is 22.5. The Labute approximate surface area is 205 Å². The van der Waals surface area contributed by atoms with Gasteiger partial charge in [0.2, 0.25) is 0 Å². The molecule has 1 N–H and O–H groups in total. The zero-order valence-electron chi connectivity index (χ0n) is 19.5. The molecule has 5 aromatic rings. The zero-order valence-corrected chi connectivity index (χ0v) is 19.5. The van der Waals surface area contributed by atoms with E-state index in [1.807, 2.05) is 60.7 Å². The third-order valence-electron chi connectivity index (χ3n) is 6.06. The predicted molar refractivity (Wildman–Crippen MR) is 144 cm³/mol. The van der Waals surface area contributed by atoms with Gasteiger partial charge in [-0.15, -0.1) is 0 Å². The van der Waals surface area contributed by atoms with Crippen molar-refractivity contribution in [2.24, 2.45) is 5.10 Å². The second kappa shape index (κ2) is 10.8. The Kier molecular flexibility index (Phi) is 6.92. The molecule has 1 amide bonds. The van der Waals surface area contributed by atoms with Crippen LogP contribution in [0.2, 0.25) is 0 Å². The van der Waals surface area contributed by atoms with E-state index in [-0.39, 0.29) is 12.5 Å². The molecule has 0 radical (unpaired) electrons. The van der Waals surface area contributed by atoms with E-state index in [9.17, 15) is 4.79 Å². The molecule has 5 rings (SSSR count). The second-order valence-corrected chi connectivity index (χ2v) is 8.64. The standard InChI is InChI=1S/C31H27N3O/c35-31(23-34(21-24-11-3-1-4-12-24)22-25-13-5-2-6-14-25)33-32-20-30-28-17-9-7-15-26(28)19-27-16-8-10-18-29(27)30/h1-20H,21-23H2,(H,33,35)/b32-20+. The van der Waals surface area contributed by atoms with Gasteiger partial charge in [0, 0.05) is 18.7 Å². The van der Waals surface area contributed by atoms with Gasteiger partial charge in [-0.2, -0.15) is 5.10 Å². The van der Waals surface area contributed by atoms with Crippen molar-refractivity contribution in [3.63, 3.8) is 0 Å². The maximum atomic E-state index is 12.9. The number of hydrazone groups is 1. The van der Waals surface area contributed by atoms with Crippen molar-refractivity contribution in [2.75, 3.05) is 6.54 Å². The Hall–Kier alpha value is -4.28. The van der Waals surface area contributed by atoms with Gasteiger partial charge < -0.3 is 0 Å². The first-order chi connectivity index (χ1) is 17.3. The molecule has 0 unspecified atom stereocenters. The van der Waals surface area contributed by atoms with E-state index in [0.717, 1.165) is 27.1 Å². The van der Waals surface area contributed by atoms with E-state index in [0.29, 0.717) is 13.1 Å². The molecule has 35 heavy (non-hydrogen) atoms. The summed E-state index contributed by atoms with van der Waals surface area (Å²) in [7, 11) is 0. The minimum Gasteiger partial charge on any atom is -0.286 e. The topological polar surface area (TPSA) is 44.7 Å². The van der Waals surface area contributed by atoms with Crippen molar-refractivity contribution < 1.29 is 4.79 Å². The van der Waals surface area contributed by atoms with Crippen LogP contribution in [0.15, 0.2) is 120 Å². The minimum atomic E-state index is -0.141. The Balaban J connectivity index is 1.33. The van der Waals surface area contributed by atoms with Crippen molar-refractivity contribution in [2.45, 2.75) is 13.1 Å². The number of fused-ring (bicyclic) bond motifs is 2. The summed E-state index contributed by atoms with van der Waals surface area (Å²) in [5.41, 5.74) is 6.09. The third kappa shape index (κ3) is 5.62. The highest BCUT2D eigenvalue weighted by Crippen LogP contribution is 2.27. The van der Waals surface area contributed by atoms with Gasteiger partial charge in [0.15, 0.2) is 0 Å². The maximum absolute atomic E-state index is 12.9. The molecule has 0 spiro atoms. The quantitative estimate of drug-likeness (QED) is 0.173. The molecule has 4 heteroatoms. The molecule has 0 bridgehead atoms. The van der Waals surface area contributed by atoms with E-state index in [2.05, 4.69) is 70.0 Å². The fraction of sp³-hybridized carbons (Fsp3) is 0.0968. The van der Waals surface area contributed by atoms with Crippen LogP contribution in [0.3, 0.4) is 0 Å². The SMILES string of the molecule is O=C(CN(Cc1ccccc1)Cc1ccccc1)N/N=C/c1c2ccccc2cc2ccccc12. The molecule has 0 fully saturated rings. The maximum Gasteiger partial charge on any atom is 0.254 e. The van der Waals surface area contributed by atoms with Crippen LogP contribution in [0.4, 0.5) is 0 Å². The van der Waals surface area contributed by atoms with Gasteiger partial charge in [-0.25, -0.2) is 5.43 Å². The third-order valence-corrected chi connectivity index (χ3v) is 6.06. The summed E-state index contributed by atoms with van der Waals surface area (Å²) >= 11 is 0. The van der Waals surface area contributed by atoms with Gasteiger partial charge >= 0.3 is 0 Å². The van der Waals surface area contributed by atoms with E-state index in [4.69, 9.17) is 0 Å². The van der Waals surface area contributed by atoms with Gasteiger partial charge in [-0.3, -0.25) is 9.69 Å². The number of amides is 1. The summed E-state index contributed by atoms with van der Waals surface area (Å²) in [6, 6.07) is 39.1. The molecular weight excluding hydrogens is 430 g/mol. The number of benzene rings is 5. The lowest BCUT2D eigenvalue weighted by Crippen LogP contribution is -2.34. The van der Waals surface area contributed by atoms with Crippen LogP contribution < -0.4 is 5.43 Å². The van der Waals surface area contributed by atoms with Crippen molar-refractivity contribution in [3.8, 4) is 0 Å². The Bertz CT molecular complexity index is 1370. The molecule has 0 aliphatic heterocycles. The van der Waals surface area contributed by atoms with Crippen LogP contribution in [0, 0.1) is 0 Å². The van der Waals surface area contributed by atoms with Gasteiger partial charge in [0.25, 0.3) is 5.91 Å². The van der Waals surface area contributed by atoms with Gasteiger partial charge in [-0.05, 0) is 38.7 Å². The molecule has 0 atom stereocenters. The first-order valence-corrected chi connectivity index (χ1v) is 11.8. The van der Waals surface area contributed by atoms with Gasteiger partial charge in [0.1, 0.15) is 0 Å². The van der Waals surface area contributed by atoms with Crippen LogP contribution in [-0.4, -0.2) is 23.6 Å². The lowest BCUT2D eigenvalue weighted by atomic mass is 9.97. The number of hydrogen-bond donors (Lipinski definition) is 1. The molecule has 0 aromatic heterocycles. The molecule has 5 aromatic carbocycles. The van der Waals surface area contributed by atoms with Crippen LogP contribution in [-0.2, 0) is 17.9 Å². The lowest BCUT2D eigenvalue weighted by molar-refractivity contribution is -0.122. The fourth-order valence-corrected chi connectivity index (χ4v) is 4.45. The second-order valence-electron chi connectivity index (χ2n) is 8.64. The van der Waals surface area contributed by atoms with E-state index < -0.39 is 0 Å². The smallest absolute Gasteiger partial charge is 0.254 e. The average molecular weight is 458 g/mol. The van der Waals surface area contributed by atoms with Crippen LogP contribution >= 0.6 is 0 Å². The first-order valence-electron chi connectivity index (χ1n) is 11.8.